The highest BCUT2D eigenvalue weighted by atomic mass is 32.2. The van der Waals surface area contributed by atoms with Crippen LogP contribution in [-0.4, -0.2) is 38.9 Å². The first kappa shape index (κ1) is 14.0. The molecule has 2 rings (SSSR count). The SMILES string of the molecule is Cc1ccc(S(=O)(=O)N[C@@H]2CCN(C)C(=O)C2)cc1. The monoisotopic (exact) mass is 282 g/mol. The van der Waals surface area contributed by atoms with Gasteiger partial charge in [0.1, 0.15) is 0 Å². The highest BCUT2D eigenvalue weighted by Gasteiger charge is 2.27. The lowest BCUT2D eigenvalue weighted by molar-refractivity contribution is -0.132. The molecule has 1 amide bonds. The average molecular weight is 282 g/mol. The molecule has 6 heteroatoms. The van der Waals surface area contributed by atoms with Crippen molar-refractivity contribution in [3.05, 3.63) is 29.8 Å². The van der Waals surface area contributed by atoms with Crippen LogP contribution in [0.2, 0.25) is 0 Å². The van der Waals surface area contributed by atoms with E-state index in [9.17, 15) is 13.2 Å². The van der Waals surface area contributed by atoms with Crippen molar-refractivity contribution in [2.45, 2.75) is 30.7 Å². The fourth-order valence-corrected chi connectivity index (χ4v) is 3.32. The molecule has 1 fully saturated rings. The number of carbonyl (C=O) groups is 1. The Morgan fingerprint density at radius 3 is 2.47 bits per heavy atom. The van der Waals surface area contributed by atoms with E-state index in [1.54, 1.807) is 36.2 Å². The second-order valence-electron chi connectivity index (χ2n) is 4.94. The van der Waals surface area contributed by atoms with Crippen LogP contribution >= 0.6 is 0 Å². The van der Waals surface area contributed by atoms with Gasteiger partial charge in [-0.15, -0.1) is 0 Å². The Bertz CT molecular complexity index is 566. The number of hydrogen-bond donors (Lipinski definition) is 1. The number of benzene rings is 1. The van der Waals surface area contributed by atoms with Gasteiger partial charge in [-0.25, -0.2) is 13.1 Å². The Labute approximate surface area is 113 Å². The van der Waals surface area contributed by atoms with E-state index < -0.39 is 10.0 Å². The molecule has 1 heterocycles. The second-order valence-corrected chi connectivity index (χ2v) is 6.65. The molecule has 1 saturated heterocycles. The quantitative estimate of drug-likeness (QED) is 0.895. The van der Waals surface area contributed by atoms with E-state index in [1.165, 1.54) is 0 Å². The van der Waals surface area contributed by atoms with Crippen LogP contribution in [0.15, 0.2) is 29.2 Å². The molecule has 0 radical (unpaired) electrons. The zero-order valence-corrected chi connectivity index (χ0v) is 11.9. The summed E-state index contributed by atoms with van der Waals surface area (Å²) in [6.45, 7) is 2.49. The zero-order chi connectivity index (χ0) is 14.0. The van der Waals surface area contributed by atoms with E-state index in [4.69, 9.17) is 0 Å². The van der Waals surface area contributed by atoms with Crippen molar-refractivity contribution >= 4 is 15.9 Å². The minimum absolute atomic E-state index is 0.0251. The molecule has 0 saturated carbocycles. The highest BCUT2D eigenvalue weighted by molar-refractivity contribution is 7.89. The zero-order valence-electron chi connectivity index (χ0n) is 11.1. The van der Waals surface area contributed by atoms with Gasteiger partial charge in [0.05, 0.1) is 4.90 Å². The minimum atomic E-state index is -3.54. The van der Waals surface area contributed by atoms with Crippen molar-refractivity contribution in [1.29, 1.82) is 0 Å². The predicted octanol–water partition coefficient (Wildman–Crippen LogP) is 0.894. The number of nitrogens with one attached hydrogen (secondary N) is 1. The molecule has 5 nitrogen and oxygen atoms in total. The maximum Gasteiger partial charge on any atom is 0.240 e. The first-order valence-electron chi connectivity index (χ1n) is 6.21. The second kappa shape index (κ2) is 5.30. The maximum absolute atomic E-state index is 12.2. The number of sulfonamides is 1. The van der Waals surface area contributed by atoms with Crippen LogP contribution < -0.4 is 4.72 Å². The molecule has 0 spiro atoms. The molecule has 0 unspecified atom stereocenters. The van der Waals surface area contributed by atoms with E-state index in [0.29, 0.717) is 13.0 Å². The topological polar surface area (TPSA) is 66.5 Å². The van der Waals surface area contributed by atoms with Crippen molar-refractivity contribution in [3.8, 4) is 0 Å². The van der Waals surface area contributed by atoms with Gasteiger partial charge >= 0.3 is 0 Å². The molecule has 1 aliphatic heterocycles. The van der Waals surface area contributed by atoms with Crippen molar-refractivity contribution in [2.75, 3.05) is 13.6 Å². The first-order chi connectivity index (χ1) is 8.88. The predicted molar refractivity (Wildman–Crippen MR) is 72.2 cm³/mol. The van der Waals surface area contributed by atoms with Crippen molar-refractivity contribution < 1.29 is 13.2 Å². The third-order valence-electron chi connectivity index (χ3n) is 3.31. The molecule has 1 aromatic carbocycles. The standard InChI is InChI=1S/C13H18N2O3S/c1-10-3-5-12(6-4-10)19(17,18)14-11-7-8-15(2)13(16)9-11/h3-6,11,14H,7-9H2,1-2H3/t11-/m1/s1. The summed E-state index contributed by atoms with van der Waals surface area (Å²) in [7, 11) is -1.81. The third-order valence-corrected chi connectivity index (χ3v) is 4.85. The van der Waals surface area contributed by atoms with Gasteiger partial charge in [0.15, 0.2) is 0 Å². The molecule has 1 aliphatic rings. The van der Waals surface area contributed by atoms with Crippen molar-refractivity contribution in [3.63, 3.8) is 0 Å². The van der Waals surface area contributed by atoms with Gasteiger partial charge in [0.25, 0.3) is 0 Å². The molecule has 19 heavy (non-hydrogen) atoms. The summed E-state index contributed by atoms with van der Waals surface area (Å²) in [5.41, 5.74) is 1.01. The number of likely N-dealkylation sites (tertiary alicyclic amines) is 1. The van der Waals surface area contributed by atoms with Gasteiger partial charge < -0.3 is 4.90 Å². The summed E-state index contributed by atoms with van der Waals surface area (Å²) in [5.74, 6) is -0.0251. The Morgan fingerprint density at radius 1 is 1.26 bits per heavy atom. The van der Waals surface area contributed by atoms with Gasteiger partial charge in [-0.3, -0.25) is 4.79 Å². The summed E-state index contributed by atoms with van der Waals surface area (Å²) in [5, 5.41) is 0. The number of carbonyl (C=O) groups excluding carboxylic acids is 1. The van der Waals surface area contributed by atoms with E-state index in [1.807, 2.05) is 6.92 Å². The van der Waals surface area contributed by atoms with Crippen LogP contribution in [0.25, 0.3) is 0 Å². The summed E-state index contributed by atoms with van der Waals surface area (Å²) >= 11 is 0. The molecule has 0 bridgehead atoms. The summed E-state index contributed by atoms with van der Waals surface area (Å²) < 4.78 is 26.9. The molecule has 1 atom stereocenters. The van der Waals surface area contributed by atoms with Crippen molar-refractivity contribution in [1.82, 2.24) is 9.62 Å². The number of aryl methyl sites for hydroxylation is 1. The van der Waals surface area contributed by atoms with Crippen LogP contribution in [0.5, 0.6) is 0 Å². The molecule has 0 aliphatic carbocycles. The van der Waals surface area contributed by atoms with E-state index >= 15 is 0 Å². The molecular formula is C13H18N2O3S. The van der Waals surface area contributed by atoms with Crippen molar-refractivity contribution in [2.24, 2.45) is 0 Å². The highest BCUT2D eigenvalue weighted by Crippen LogP contribution is 2.15. The smallest absolute Gasteiger partial charge is 0.240 e. The van der Waals surface area contributed by atoms with Crippen LogP contribution in [0.3, 0.4) is 0 Å². The lowest BCUT2D eigenvalue weighted by Gasteiger charge is -2.29. The van der Waals surface area contributed by atoms with Gasteiger partial charge in [0, 0.05) is 26.1 Å². The largest absolute Gasteiger partial charge is 0.346 e. The number of rotatable bonds is 3. The number of hydrogen-bond acceptors (Lipinski definition) is 3. The van der Waals surface area contributed by atoms with E-state index in [2.05, 4.69) is 4.72 Å². The Morgan fingerprint density at radius 2 is 1.89 bits per heavy atom. The van der Waals surface area contributed by atoms with Gasteiger partial charge in [-0.05, 0) is 25.5 Å². The summed E-state index contributed by atoms with van der Waals surface area (Å²) in [6.07, 6.45) is 0.870. The molecular weight excluding hydrogens is 264 g/mol. The number of piperidine rings is 1. The van der Waals surface area contributed by atoms with Crippen LogP contribution in [-0.2, 0) is 14.8 Å². The number of nitrogens with zero attached hydrogens (tertiary/aromatic N) is 1. The summed E-state index contributed by atoms with van der Waals surface area (Å²) in [4.78, 5) is 13.4. The van der Waals surface area contributed by atoms with Gasteiger partial charge in [0.2, 0.25) is 15.9 Å². The third kappa shape index (κ3) is 3.33. The van der Waals surface area contributed by atoms with Crippen LogP contribution in [0.1, 0.15) is 18.4 Å². The normalized spacial score (nSPS) is 20.6. The Kier molecular flexibility index (Phi) is 3.91. The average Bonchev–Trinajstić information content (AvgIpc) is 2.34. The van der Waals surface area contributed by atoms with E-state index in [0.717, 1.165) is 5.56 Å². The minimum Gasteiger partial charge on any atom is -0.346 e. The first-order valence-corrected chi connectivity index (χ1v) is 7.70. The number of amides is 1. The fourth-order valence-electron chi connectivity index (χ4n) is 2.05. The van der Waals surface area contributed by atoms with Gasteiger partial charge in [-0.1, -0.05) is 17.7 Å². The fraction of sp³-hybridized carbons (Fsp3) is 0.462. The van der Waals surface area contributed by atoms with E-state index in [-0.39, 0.29) is 23.3 Å². The lowest BCUT2D eigenvalue weighted by Crippen LogP contribution is -2.46. The molecule has 1 aromatic rings. The Balaban J connectivity index is 2.09. The molecule has 104 valence electrons. The van der Waals surface area contributed by atoms with Crippen LogP contribution in [0, 0.1) is 6.92 Å². The summed E-state index contributed by atoms with van der Waals surface area (Å²) in [6, 6.07) is 6.36. The maximum atomic E-state index is 12.2. The molecule has 0 aromatic heterocycles. The molecule has 1 N–H and O–H groups in total. The van der Waals surface area contributed by atoms with Crippen LogP contribution in [0.4, 0.5) is 0 Å². The van der Waals surface area contributed by atoms with Gasteiger partial charge in [-0.2, -0.15) is 0 Å². The lowest BCUT2D eigenvalue weighted by atomic mass is 10.1. The Hall–Kier alpha value is -1.40.